The maximum absolute atomic E-state index is 12.9. The summed E-state index contributed by atoms with van der Waals surface area (Å²) in [5, 5.41) is 12.2. The zero-order valence-electron chi connectivity index (χ0n) is 16.0. The number of pyridine rings is 2. The smallest absolute Gasteiger partial charge is 0.274 e. The third-order valence-corrected chi connectivity index (χ3v) is 5.53. The van der Waals surface area contributed by atoms with Crippen LogP contribution in [0.1, 0.15) is 16.9 Å². The second-order valence-corrected chi connectivity index (χ2v) is 7.80. The highest BCUT2D eigenvalue weighted by Crippen LogP contribution is 2.24. The van der Waals surface area contributed by atoms with Gasteiger partial charge in [-0.2, -0.15) is 0 Å². The number of carbonyl (C=O) groups is 1. The molecular weight excluding hydrogens is 404 g/mol. The number of rotatable bonds is 3. The van der Waals surface area contributed by atoms with E-state index in [-0.39, 0.29) is 12.5 Å². The molecule has 2 atom stereocenters. The molecule has 4 aromatic rings. The molecule has 1 amide bonds. The van der Waals surface area contributed by atoms with Crippen LogP contribution >= 0.6 is 11.6 Å². The minimum atomic E-state index is -0.798. The van der Waals surface area contributed by atoms with E-state index in [2.05, 4.69) is 9.97 Å². The van der Waals surface area contributed by atoms with Crippen LogP contribution in [-0.4, -0.2) is 55.6 Å². The van der Waals surface area contributed by atoms with Crippen molar-refractivity contribution < 1.29 is 14.6 Å². The highest BCUT2D eigenvalue weighted by atomic mass is 35.5. The van der Waals surface area contributed by atoms with E-state index >= 15 is 0 Å². The molecule has 8 heteroatoms. The summed E-state index contributed by atoms with van der Waals surface area (Å²) in [7, 11) is 0. The van der Waals surface area contributed by atoms with Crippen LogP contribution in [0.15, 0.2) is 61.1 Å². The first-order chi connectivity index (χ1) is 14.6. The molecule has 1 saturated heterocycles. The maximum Gasteiger partial charge on any atom is 0.274 e. The number of aliphatic hydroxyl groups is 1. The Balaban J connectivity index is 1.27. The number of piperidine rings is 1. The summed E-state index contributed by atoms with van der Waals surface area (Å²) in [6, 6.07) is 13.0. The van der Waals surface area contributed by atoms with E-state index in [1.54, 1.807) is 40.0 Å². The molecule has 0 bridgehead atoms. The van der Waals surface area contributed by atoms with E-state index in [1.165, 1.54) is 0 Å². The zero-order chi connectivity index (χ0) is 20.7. The van der Waals surface area contributed by atoms with Crippen LogP contribution in [0.4, 0.5) is 0 Å². The summed E-state index contributed by atoms with van der Waals surface area (Å²) in [6.07, 6.45) is 4.42. The van der Waals surface area contributed by atoms with Crippen LogP contribution in [0.2, 0.25) is 5.02 Å². The van der Waals surface area contributed by atoms with E-state index in [1.807, 2.05) is 30.3 Å². The van der Waals surface area contributed by atoms with Crippen molar-refractivity contribution in [2.45, 2.75) is 18.6 Å². The van der Waals surface area contributed by atoms with Gasteiger partial charge in [-0.1, -0.05) is 17.7 Å². The van der Waals surface area contributed by atoms with Gasteiger partial charge in [-0.15, -0.1) is 0 Å². The fourth-order valence-electron chi connectivity index (χ4n) is 3.76. The molecule has 5 rings (SSSR count). The van der Waals surface area contributed by atoms with Gasteiger partial charge in [0.15, 0.2) is 0 Å². The first kappa shape index (κ1) is 18.8. The van der Waals surface area contributed by atoms with Crippen LogP contribution < -0.4 is 4.74 Å². The lowest BCUT2D eigenvalue weighted by Crippen LogP contribution is -2.51. The van der Waals surface area contributed by atoms with Crippen LogP contribution in [0.5, 0.6) is 5.75 Å². The Kier molecular flexibility index (Phi) is 4.77. The second kappa shape index (κ2) is 7.59. The molecule has 0 radical (unpaired) electrons. The first-order valence-corrected chi connectivity index (χ1v) is 10.1. The summed E-state index contributed by atoms with van der Waals surface area (Å²) in [4.78, 5) is 23.2. The van der Waals surface area contributed by atoms with Gasteiger partial charge in [0.2, 0.25) is 0 Å². The Bertz CT molecular complexity index is 1240. The second-order valence-electron chi connectivity index (χ2n) is 7.36. The summed E-state index contributed by atoms with van der Waals surface area (Å²) in [5.41, 5.74) is 1.81. The van der Waals surface area contributed by atoms with Gasteiger partial charge in [-0.05, 0) is 30.3 Å². The summed E-state index contributed by atoms with van der Waals surface area (Å²) >= 11 is 6.00. The molecule has 7 nitrogen and oxygen atoms in total. The molecule has 4 heterocycles. The summed E-state index contributed by atoms with van der Waals surface area (Å²) in [5.74, 6) is 0.435. The Labute approximate surface area is 177 Å². The average Bonchev–Trinajstić information content (AvgIpc) is 3.17. The number of fused-ring (bicyclic) bond motifs is 2. The predicted molar refractivity (Wildman–Crippen MR) is 113 cm³/mol. The quantitative estimate of drug-likeness (QED) is 0.548. The fraction of sp³-hybridized carbons (Fsp3) is 0.227. The van der Waals surface area contributed by atoms with Crippen LogP contribution in [0, 0.1) is 0 Å². The zero-order valence-corrected chi connectivity index (χ0v) is 16.7. The topological polar surface area (TPSA) is 80.0 Å². The molecule has 30 heavy (non-hydrogen) atoms. The number of aliphatic hydroxyl groups excluding tert-OH is 1. The van der Waals surface area contributed by atoms with Gasteiger partial charge in [0.05, 0.1) is 17.1 Å². The minimum absolute atomic E-state index is 0.184. The number of likely N-dealkylation sites (tertiary alicyclic amines) is 1. The predicted octanol–water partition coefficient (Wildman–Crippen LogP) is 3.19. The number of hydrogen-bond donors (Lipinski definition) is 1. The van der Waals surface area contributed by atoms with Crippen molar-refractivity contribution in [1.82, 2.24) is 19.3 Å². The SMILES string of the molecule is O=C(c1cn2cc(Cl)ccc2n1)N1CC[C@@H](Oc2ccc3cccnc3c2)[C@H](O)C1. The lowest BCUT2D eigenvalue weighted by molar-refractivity contribution is -0.0199. The van der Waals surface area contributed by atoms with Crippen molar-refractivity contribution in [1.29, 1.82) is 0 Å². The lowest BCUT2D eigenvalue weighted by atomic mass is 10.0. The van der Waals surface area contributed by atoms with E-state index in [0.717, 1.165) is 10.9 Å². The number of halogens is 1. The fourth-order valence-corrected chi connectivity index (χ4v) is 3.92. The van der Waals surface area contributed by atoms with Gasteiger partial charge in [-0.25, -0.2) is 4.98 Å². The van der Waals surface area contributed by atoms with Gasteiger partial charge in [0.25, 0.3) is 5.91 Å². The maximum atomic E-state index is 12.9. The van der Waals surface area contributed by atoms with Crippen molar-refractivity contribution in [3.05, 3.63) is 71.8 Å². The number of ether oxygens (including phenoxy) is 1. The molecule has 3 aromatic heterocycles. The molecule has 1 aliphatic heterocycles. The third-order valence-electron chi connectivity index (χ3n) is 5.31. The van der Waals surface area contributed by atoms with Gasteiger partial charge in [0, 0.05) is 43.0 Å². The lowest BCUT2D eigenvalue weighted by Gasteiger charge is -2.35. The van der Waals surface area contributed by atoms with E-state index in [9.17, 15) is 9.90 Å². The van der Waals surface area contributed by atoms with Crippen molar-refractivity contribution in [3.63, 3.8) is 0 Å². The Morgan fingerprint density at radius 2 is 2.10 bits per heavy atom. The van der Waals surface area contributed by atoms with Crippen LogP contribution in [-0.2, 0) is 0 Å². The number of hydrogen-bond acceptors (Lipinski definition) is 5. The Morgan fingerprint density at radius 3 is 2.97 bits per heavy atom. The molecular formula is C22H19ClN4O3. The largest absolute Gasteiger partial charge is 0.488 e. The number of aromatic nitrogens is 3. The van der Waals surface area contributed by atoms with Gasteiger partial charge in [0.1, 0.15) is 29.3 Å². The number of amides is 1. The van der Waals surface area contributed by atoms with Crippen molar-refractivity contribution >= 4 is 34.1 Å². The molecule has 1 aromatic carbocycles. The Morgan fingerprint density at radius 1 is 1.20 bits per heavy atom. The van der Waals surface area contributed by atoms with Gasteiger partial charge in [-0.3, -0.25) is 9.78 Å². The Hall–Kier alpha value is -3.16. The van der Waals surface area contributed by atoms with Crippen LogP contribution in [0.3, 0.4) is 0 Å². The number of carbonyl (C=O) groups excluding carboxylic acids is 1. The molecule has 0 aliphatic carbocycles. The monoisotopic (exact) mass is 422 g/mol. The van der Waals surface area contributed by atoms with E-state index in [0.29, 0.717) is 35.1 Å². The van der Waals surface area contributed by atoms with Gasteiger partial charge < -0.3 is 19.1 Å². The molecule has 0 saturated carbocycles. The van der Waals surface area contributed by atoms with E-state index in [4.69, 9.17) is 16.3 Å². The normalized spacial score (nSPS) is 19.3. The van der Waals surface area contributed by atoms with Gasteiger partial charge >= 0.3 is 0 Å². The van der Waals surface area contributed by atoms with Crippen molar-refractivity contribution in [3.8, 4) is 5.75 Å². The molecule has 0 spiro atoms. The summed E-state index contributed by atoms with van der Waals surface area (Å²) in [6.45, 7) is 0.658. The molecule has 1 N–H and O–H groups in total. The number of imidazole rings is 1. The van der Waals surface area contributed by atoms with Crippen molar-refractivity contribution in [2.75, 3.05) is 13.1 Å². The average molecular weight is 423 g/mol. The number of benzene rings is 1. The van der Waals surface area contributed by atoms with Crippen LogP contribution in [0.25, 0.3) is 16.6 Å². The van der Waals surface area contributed by atoms with E-state index < -0.39 is 12.2 Å². The first-order valence-electron chi connectivity index (χ1n) is 9.70. The molecule has 0 unspecified atom stereocenters. The third kappa shape index (κ3) is 3.58. The van der Waals surface area contributed by atoms with Crippen molar-refractivity contribution in [2.24, 2.45) is 0 Å². The highest BCUT2D eigenvalue weighted by Gasteiger charge is 2.32. The molecule has 152 valence electrons. The molecule has 1 fully saturated rings. The summed E-state index contributed by atoms with van der Waals surface area (Å²) < 4.78 is 7.73. The minimum Gasteiger partial charge on any atom is -0.488 e. The standard InChI is InChI=1S/C22H19ClN4O3/c23-15-4-6-21-25-18(12-27(21)11-15)22(29)26-9-7-20(19(28)13-26)30-16-5-3-14-2-1-8-24-17(14)10-16/h1-6,8,10-12,19-20,28H,7,9,13H2/t19-,20-/m1/s1. The number of nitrogens with zero attached hydrogens (tertiary/aromatic N) is 4. The highest BCUT2D eigenvalue weighted by molar-refractivity contribution is 6.30. The number of β-amino-alcohol motifs (C(OH)–C–C–N with tert-alkyl or cyclic N) is 1. The molecule has 1 aliphatic rings.